The third kappa shape index (κ3) is 2.96. The summed E-state index contributed by atoms with van der Waals surface area (Å²) in [7, 11) is 1.67. The van der Waals surface area contributed by atoms with E-state index >= 15 is 0 Å². The molecule has 0 unspecified atom stereocenters. The third-order valence-electron chi connectivity index (χ3n) is 2.54. The SMILES string of the molecule is COCc1ccccc1Nc1c(Cl)cccc1Cl. The highest BCUT2D eigenvalue weighted by molar-refractivity contribution is 6.39. The first-order chi connectivity index (χ1) is 8.72. The van der Waals surface area contributed by atoms with Gasteiger partial charge in [0.05, 0.1) is 22.3 Å². The van der Waals surface area contributed by atoms with Crippen LogP contribution in [0.2, 0.25) is 10.0 Å². The van der Waals surface area contributed by atoms with Crippen molar-refractivity contribution in [2.75, 3.05) is 12.4 Å². The van der Waals surface area contributed by atoms with Crippen molar-refractivity contribution in [1.29, 1.82) is 0 Å². The zero-order chi connectivity index (χ0) is 13.0. The zero-order valence-electron chi connectivity index (χ0n) is 9.91. The van der Waals surface area contributed by atoms with Gasteiger partial charge >= 0.3 is 0 Å². The maximum atomic E-state index is 6.13. The van der Waals surface area contributed by atoms with Gasteiger partial charge in [0.15, 0.2) is 0 Å². The molecule has 1 N–H and O–H groups in total. The summed E-state index contributed by atoms with van der Waals surface area (Å²) in [5.41, 5.74) is 2.70. The van der Waals surface area contributed by atoms with E-state index in [1.54, 1.807) is 19.2 Å². The molecule has 0 aliphatic rings. The summed E-state index contributed by atoms with van der Waals surface area (Å²) in [5.74, 6) is 0. The molecule has 0 saturated carbocycles. The number of para-hydroxylation sites is 2. The molecule has 0 spiro atoms. The lowest BCUT2D eigenvalue weighted by atomic mass is 10.2. The van der Waals surface area contributed by atoms with Crippen molar-refractivity contribution in [3.63, 3.8) is 0 Å². The molecule has 2 rings (SSSR count). The normalized spacial score (nSPS) is 10.4. The lowest BCUT2D eigenvalue weighted by Gasteiger charge is -2.13. The molecular formula is C14H13Cl2NO. The molecule has 4 heteroatoms. The molecule has 0 atom stereocenters. The van der Waals surface area contributed by atoms with Crippen LogP contribution in [-0.4, -0.2) is 7.11 Å². The van der Waals surface area contributed by atoms with E-state index < -0.39 is 0 Å². The van der Waals surface area contributed by atoms with E-state index in [1.165, 1.54) is 0 Å². The number of nitrogens with one attached hydrogen (secondary N) is 1. The molecule has 0 saturated heterocycles. The Bertz CT molecular complexity index is 523. The van der Waals surface area contributed by atoms with Crippen LogP contribution in [0.25, 0.3) is 0 Å². The van der Waals surface area contributed by atoms with E-state index in [4.69, 9.17) is 27.9 Å². The number of ether oxygens (including phenoxy) is 1. The van der Waals surface area contributed by atoms with Crippen LogP contribution in [-0.2, 0) is 11.3 Å². The Morgan fingerprint density at radius 1 is 1.00 bits per heavy atom. The van der Waals surface area contributed by atoms with Crippen LogP contribution < -0.4 is 5.32 Å². The second kappa shape index (κ2) is 6.10. The summed E-state index contributed by atoms with van der Waals surface area (Å²) in [6.45, 7) is 0.533. The summed E-state index contributed by atoms with van der Waals surface area (Å²) < 4.78 is 5.16. The second-order valence-electron chi connectivity index (χ2n) is 3.81. The van der Waals surface area contributed by atoms with Gasteiger partial charge in [-0.2, -0.15) is 0 Å². The van der Waals surface area contributed by atoms with Gasteiger partial charge < -0.3 is 10.1 Å². The number of hydrogen-bond donors (Lipinski definition) is 1. The van der Waals surface area contributed by atoms with Crippen molar-refractivity contribution in [2.24, 2.45) is 0 Å². The lowest BCUT2D eigenvalue weighted by molar-refractivity contribution is 0.185. The summed E-state index contributed by atoms with van der Waals surface area (Å²) >= 11 is 12.3. The smallest absolute Gasteiger partial charge is 0.0763 e. The van der Waals surface area contributed by atoms with Gasteiger partial charge in [-0.25, -0.2) is 0 Å². The van der Waals surface area contributed by atoms with Crippen LogP contribution in [0.15, 0.2) is 42.5 Å². The van der Waals surface area contributed by atoms with Gasteiger partial charge in [-0.15, -0.1) is 0 Å². The quantitative estimate of drug-likeness (QED) is 0.862. The summed E-state index contributed by atoms with van der Waals surface area (Å²) in [6.07, 6.45) is 0. The van der Waals surface area contributed by atoms with E-state index in [-0.39, 0.29) is 0 Å². The molecule has 0 aliphatic heterocycles. The topological polar surface area (TPSA) is 21.3 Å². The third-order valence-corrected chi connectivity index (χ3v) is 3.17. The van der Waals surface area contributed by atoms with Gasteiger partial charge in [0, 0.05) is 18.4 Å². The molecular weight excluding hydrogens is 269 g/mol. The first-order valence-electron chi connectivity index (χ1n) is 5.50. The van der Waals surface area contributed by atoms with Crippen LogP contribution in [0.3, 0.4) is 0 Å². The van der Waals surface area contributed by atoms with E-state index in [2.05, 4.69) is 5.32 Å². The van der Waals surface area contributed by atoms with Gasteiger partial charge in [-0.05, 0) is 18.2 Å². The molecule has 0 heterocycles. The molecule has 2 nitrogen and oxygen atoms in total. The average molecular weight is 282 g/mol. The number of anilines is 2. The predicted molar refractivity (Wildman–Crippen MR) is 76.9 cm³/mol. The fraction of sp³-hybridized carbons (Fsp3) is 0.143. The number of hydrogen-bond acceptors (Lipinski definition) is 2. The molecule has 0 aliphatic carbocycles. The van der Waals surface area contributed by atoms with Crippen molar-refractivity contribution in [2.45, 2.75) is 6.61 Å². The number of halogens is 2. The van der Waals surface area contributed by atoms with Gasteiger partial charge in [0.1, 0.15) is 0 Å². The lowest BCUT2D eigenvalue weighted by Crippen LogP contribution is -1.98. The van der Waals surface area contributed by atoms with Crippen molar-refractivity contribution >= 4 is 34.6 Å². The van der Waals surface area contributed by atoms with Crippen molar-refractivity contribution in [3.05, 3.63) is 58.1 Å². The highest BCUT2D eigenvalue weighted by Crippen LogP contribution is 2.33. The minimum atomic E-state index is 0.533. The molecule has 94 valence electrons. The average Bonchev–Trinajstić information content (AvgIpc) is 2.36. The maximum Gasteiger partial charge on any atom is 0.0763 e. The van der Waals surface area contributed by atoms with Gasteiger partial charge in [0.2, 0.25) is 0 Å². The van der Waals surface area contributed by atoms with Crippen molar-refractivity contribution in [3.8, 4) is 0 Å². The molecule has 18 heavy (non-hydrogen) atoms. The van der Waals surface area contributed by atoms with Crippen molar-refractivity contribution in [1.82, 2.24) is 0 Å². The fourth-order valence-corrected chi connectivity index (χ4v) is 2.17. The summed E-state index contributed by atoms with van der Waals surface area (Å²) in [4.78, 5) is 0. The van der Waals surface area contributed by atoms with E-state index in [0.29, 0.717) is 22.3 Å². The van der Waals surface area contributed by atoms with Crippen molar-refractivity contribution < 1.29 is 4.74 Å². The van der Waals surface area contributed by atoms with Gasteiger partial charge in [-0.1, -0.05) is 47.5 Å². The Morgan fingerprint density at radius 2 is 1.67 bits per heavy atom. The van der Waals surface area contributed by atoms with Crippen LogP contribution in [0.4, 0.5) is 11.4 Å². The van der Waals surface area contributed by atoms with Crippen LogP contribution >= 0.6 is 23.2 Å². The Balaban J connectivity index is 2.34. The molecule has 0 aromatic heterocycles. The second-order valence-corrected chi connectivity index (χ2v) is 4.63. The fourth-order valence-electron chi connectivity index (χ4n) is 1.68. The monoisotopic (exact) mass is 281 g/mol. The Hall–Kier alpha value is -1.22. The summed E-state index contributed by atoms with van der Waals surface area (Å²) in [6, 6.07) is 13.3. The minimum absolute atomic E-state index is 0.533. The van der Waals surface area contributed by atoms with Crippen LogP contribution in [0, 0.1) is 0 Å². The molecule has 2 aromatic carbocycles. The number of benzene rings is 2. The predicted octanol–water partition coefficient (Wildman–Crippen LogP) is 4.88. The first kappa shape index (κ1) is 13.2. The standard InChI is InChI=1S/C14H13Cl2NO/c1-18-9-10-5-2-3-8-13(10)17-14-11(15)6-4-7-12(14)16/h2-8,17H,9H2,1H3. The highest BCUT2D eigenvalue weighted by atomic mass is 35.5. The molecule has 0 radical (unpaired) electrons. The first-order valence-corrected chi connectivity index (χ1v) is 6.26. The number of rotatable bonds is 4. The van der Waals surface area contributed by atoms with Crippen LogP contribution in [0.5, 0.6) is 0 Å². The Morgan fingerprint density at radius 3 is 2.33 bits per heavy atom. The molecule has 0 bridgehead atoms. The minimum Gasteiger partial charge on any atom is -0.380 e. The molecule has 0 fully saturated rings. The van der Waals surface area contributed by atoms with Gasteiger partial charge in [-0.3, -0.25) is 0 Å². The van der Waals surface area contributed by atoms with E-state index in [1.807, 2.05) is 30.3 Å². The van der Waals surface area contributed by atoms with E-state index in [0.717, 1.165) is 11.3 Å². The maximum absolute atomic E-state index is 6.13. The van der Waals surface area contributed by atoms with E-state index in [9.17, 15) is 0 Å². The van der Waals surface area contributed by atoms with Gasteiger partial charge in [0.25, 0.3) is 0 Å². The molecule has 2 aromatic rings. The largest absolute Gasteiger partial charge is 0.380 e. The summed E-state index contributed by atoms with van der Waals surface area (Å²) in [5, 5.41) is 4.43. The van der Waals surface area contributed by atoms with Crippen LogP contribution in [0.1, 0.15) is 5.56 Å². The zero-order valence-corrected chi connectivity index (χ0v) is 11.4. The Labute approximate surface area is 116 Å². The highest BCUT2D eigenvalue weighted by Gasteiger charge is 2.08. The molecule has 0 amide bonds. The number of methoxy groups -OCH3 is 1. The Kier molecular flexibility index (Phi) is 4.48.